The normalized spacial score (nSPS) is 27.3. The number of quaternary nitrogens is 4. The van der Waals surface area contributed by atoms with Gasteiger partial charge in [-0.05, 0) is 38.5 Å². The lowest BCUT2D eigenvalue weighted by molar-refractivity contribution is -1.09. The number of unbranched alkanes of at least 4 members (excludes halogenated alkanes) is 19. The first-order valence-electron chi connectivity index (χ1n) is 24.3. The minimum absolute atomic E-state index is 0.104. The molecule has 7 heterocycles. The topological polar surface area (TPSA) is 57.0 Å². The summed E-state index contributed by atoms with van der Waals surface area (Å²) >= 11 is 0. The van der Waals surface area contributed by atoms with Gasteiger partial charge in [-0.25, -0.2) is 4.68 Å². The molecule has 0 aliphatic carbocycles. The predicted octanol–water partition coefficient (Wildman–Crippen LogP) is 8.78. The Morgan fingerprint density at radius 1 is 0.509 bits per heavy atom. The number of carbonyl (C=O) groups is 1. The number of esters is 1. The molecule has 6 aliphatic rings. The summed E-state index contributed by atoms with van der Waals surface area (Å²) in [6.45, 7) is 26.4. The molecule has 0 amide bonds. The first-order chi connectivity index (χ1) is 26.9. The summed E-state index contributed by atoms with van der Waals surface area (Å²) in [4.78, 5) is 11.8. The highest BCUT2D eigenvalue weighted by molar-refractivity contribution is 5.68. The number of nitrogens with zero attached hydrogens (tertiary/aromatic N) is 7. The highest BCUT2D eigenvalue weighted by atomic mass is 16.5. The van der Waals surface area contributed by atoms with Crippen LogP contribution in [0.5, 0.6) is 0 Å². The summed E-state index contributed by atoms with van der Waals surface area (Å²) in [6.07, 6.45) is 30.8. The zero-order chi connectivity index (χ0) is 38.7. The maximum absolute atomic E-state index is 11.8. The van der Waals surface area contributed by atoms with E-state index in [9.17, 15) is 4.79 Å². The van der Waals surface area contributed by atoms with Gasteiger partial charge in [0.05, 0.1) is 20.2 Å². The van der Waals surface area contributed by atoms with Gasteiger partial charge in [0.1, 0.15) is 103 Å². The van der Waals surface area contributed by atoms with Gasteiger partial charge < -0.3 is 22.7 Å². The van der Waals surface area contributed by atoms with E-state index in [1.165, 1.54) is 256 Å². The van der Waals surface area contributed by atoms with Crippen molar-refractivity contribution in [1.29, 1.82) is 0 Å². The third-order valence-corrected chi connectivity index (χ3v) is 15.4. The van der Waals surface area contributed by atoms with Crippen molar-refractivity contribution in [3.63, 3.8) is 0 Å². The molecule has 6 saturated heterocycles. The van der Waals surface area contributed by atoms with Crippen LogP contribution in [0.25, 0.3) is 0 Å². The standard InChI is InChI=1S/C46H89N7O2/c1-4-6-8-10-12-14-16-18-20-24-28-50-30-36-52(37-31-50,38-32-50)42-44-45(49(48-47-44)27-23-22-26-46(54)55-3)43-53-39-33-51(34-40-53,35-41-53)29-25-21-19-17-15-13-11-9-7-5-2/h4-43H2,1-3H3/q+4. The largest absolute Gasteiger partial charge is 0.469 e. The lowest BCUT2D eigenvalue weighted by Crippen LogP contribution is -2.75. The van der Waals surface area contributed by atoms with Crippen LogP contribution in [0.1, 0.15) is 173 Å². The van der Waals surface area contributed by atoms with Gasteiger partial charge in [0.2, 0.25) is 0 Å². The summed E-state index contributed by atoms with van der Waals surface area (Å²) in [5.41, 5.74) is 2.71. The van der Waals surface area contributed by atoms with Crippen LogP contribution in [0.4, 0.5) is 0 Å². The molecule has 9 heteroatoms. The van der Waals surface area contributed by atoms with Gasteiger partial charge in [0.15, 0.2) is 0 Å². The van der Waals surface area contributed by atoms with E-state index in [0.29, 0.717) is 6.42 Å². The van der Waals surface area contributed by atoms with Crippen LogP contribution in [-0.4, -0.2) is 138 Å². The molecule has 0 atom stereocenters. The van der Waals surface area contributed by atoms with Crippen LogP contribution >= 0.6 is 0 Å². The van der Waals surface area contributed by atoms with E-state index in [-0.39, 0.29) is 5.97 Å². The summed E-state index contributed by atoms with van der Waals surface area (Å²) < 4.78 is 12.4. The van der Waals surface area contributed by atoms with Crippen LogP contribution in [0, 0.1) is 0 Å². The molecule has 0 unspecified atom stereocenters. The van der Waals surface area contributed by atoms with Gasteiger partial charge in [-0.3, -0.25) is 4.79 Å². The number of piperazine rings is 6. The van der Waals surface area contributed by atoms with Gasteiger partial charge in [-0.2, -0.15) is 0 Å². The quantitative estimate of drug-likeness (QED) is 0.0431. The Bertz CT molecular complexity index is 1180. The van der Waals surface area contributed by atoms with Crippen molar-refractivity contribution in [2.75, 3.05) is 98.7 Å². The molecular formula is C46H89N7O2+4. The molecule has 0 radical (unpaired) electrons. The van der Waals surface area contributed by atoms with E-state index in [1.807, 2.05) is 0 Å². The van der Waals surface area contributed by atoms with E-state index in [1.54, 1.807) is 0 Å². The number of carbonyl (C=O) groups excluding carboxylic acids is 1. The smallest absolute Gasteiger partial charge is 0.305 e. The molecule has 0 aromatic carbocycles. The fraction of sp³-hybridized carbons (Fsp3) is 0.935. The van der Waals surface area contributed by atoms with E-state index in [2.05, 4.69) is 18.5 Å². The lowest BCUT2D eigenvalue weighted by atomic mass is 10.0. The first kappa shape index (κ1) is 44.6. The number of hydrogen-bond donors (Lipinski definition) is 0. The molecule has 0 spiro atoms. The monoisotopic (exact) mass is 772 g/mol. The Labute approximate surface area is 338 Å². The molecule has 316 valence electrons. The minimum Gasteiger partial charge on any atom is -0.469 e. The Hall–Kier alpha value is -1.55. The number of hydrogen-bond acceptors (Lipinski definition) is 4. The van der Waals surface area contributed by atoms with Gasteiger partial charge in [-0.1, -0.05) is 122 Å². The van der Waals surface area contributed by atoms with Crippen LogP contribution in [-0.2, 0) is 29.2 Å². The summed E-state index contributed by atoms with van der Waals surface area (Å²) in [5, 5.41) is 9.88. The number of ether oxygens (including phenoxy) is 1. The molecule has 4 bridgehead atoms. The third kappa shape index (κ3) is 13.8. The van der Waals surface area contributed by atoms with Crippen molar-refractivity contribution in [3.05, 3.63) is 11.4 Å². The maximum atomic E-state index is 11.8. The Morgan fingerprint density at radius 2 is 0.891 bits per heavy atom. The van der Waals surface area contributed by atoms with Crippen LogP contribution in [0.15, 0.2) is 0 Å². The number of rotatable bonds is 31. The summed E-state index contributed by atoms with van der Waals surface area (Å²) in [6, 6.07) is 0. The second-order valence-electron chi connectivity index (χ2n) is 19.4. The molecule has 1 aromatic rings. The zero-order valence-corrected chi connectivity index (χ0v) is 36.7. The third-order valence-electron chi connectivity index (χ3n) is 15.4. The average Bonchev–Trinajstić information content (AvgIpc) is 3.58. The SMILES string of the molecule is CCCCCCCCCCCC[N+]12CC[N+](Cc3nnn(CCCCC(=O)OC)c3C[N+]34CC[N+](CCCCCCCCCCCC)(CC3)CC4)(CC1)CC2. The fourth-order valence-electron chi connectivity index (χ4n) is 11.0. The van der Waals surface area contributed by atoms with Crippen molar-refractivity contribution in [2.24, 2.45) is 0 Å². The molecule has 1 aromatic heterocycles. The van der Waals surface area contributed by atoms with Crippen molar-refractivity contribution in [2.45, 2.75) is 181 Å². The molecule has 9 nitrogen and oxygen atoms in total. The number of methoxy groups -OCH3 is 1. The molecule has 6 aliphatic heterocycles. The summed E-state index contributed by atoms with van der Waals surface area (Å²) in [7, 11) is 1.50. The van der Waals surface area contributed by atoms with Crippen molar-refractivity contribution in [3.8, 4) is 0 Å². The van der Waals surface area contributed by atoms with E-state index in [0.717, 1.165) is 32.5 Å². The van der Waals surface area contributed by atoms with E-state index in [4.69, 9.17) is 15.0 Å². The number of aromatic nitrogens is 3. The van der Waals surface area contributed by atoms with Crippen LogP contribution in [0.2, 0.25) is 0 Å². The highest BCUT2D eigenvalue weighted by Gasteiger charge is 2.51. The van der Waals surface area contributed by atoms with Crippen molar-refractivity contribution < 1.29 is 27.5 Å². The molecule has 0 saturated carbocycles. The molecule has 6 fully saturated rings. The zero-order valence-electron chi connectivity index (χ0n) is 36.7. The average molecular weight is 772 g/mol. The highest BCUT2D eigenvalue weighted by Crippen LogP contribution is 2.33. The van der Waals surface area contributed by atoms with E-state index < -0.39 is 0 Å². The maximum Gasteiger partial charge on any atom is 0.305 e. The lowest BCUT2D eigenvalue weighted by Gasteiger charge is -2.56. The number of fused-ring (bicyclic) bond motifs is 6. The second-order valence-corrected chi connectivity index (χ2v) is 19.4. The molecule has 55 heavy (non-hydrogen) atoms. The van der Waals surface area contributed by atoms with Crippen LogP contribution < -0.4 is 0 Å². The van der Waals surface area contributed by atoms with Crippen LogP contribution in [0.3, 0.4) is 0 Å². The Balaban J connectivity index is 1.09. The fourth-order valence-corrected chi connectivity index (χ4v) is 11.0. The van der Waals surface area contributed by atoms with Gasteiger partial charge in [0, 0.05) is 13.0 Å². The molecule has 7 rings (SSSR count). The molecular weight excluding hydrogens is 683 g/mol. The Kier molecular flexibility index (Phi) is 18.7. The van der Waals surface area contributed by atoms with Crippen molar-refractivity contribution >= 4 is 5.97 Å². The number of aryl methyl sites for hydroxylation is 1. The minimum atomic E-state index is -0.104. The second kappa shape index (κ2) is 23.1. The summed E-state index contributed by atoms with van der Waals surface area (Å²) in [5.74, 6) is -0.104. The van der Waals surface area contributed by atoms with Gasteiger partial charge in [-0.15, -0.1) is 5.10 Å². The Morgan fingerprint density at radius 3 is 1.31 bits per heavy atom. The van der Waals surface area contributed by atoms with Gasteiger partial charge >= 0.3 is 5.97 Å². The first-order valence-corrected chi connectivity index (χ1v) is 24.3. The molecule has 0 N–H and O–H groups in total. The van der Waals surface area contributed by atoms with E-state index >= 15 is 0 Å². The predicted molar refractivity (Wildman–Crippen MR) is 226 cm³/mol. The van der Waals surface area contributed by atoms with Crippen molar-refractivity contribution in [1.82, 2.24) is 15.0 Å². The van der Waals surface area contributed by atoms with Gasteiger partial charge in [0.25, 0.3) is 0 Å².